The van der Waals surface area contributed by atoms with Gasteiger partial charge in [0.25, 0.3) is 5.22 Å². The molecule has 3 aromatic rings. The molecule has 0 saturated heterocycles. The van der Waals surface area contributed by atoms with Crippen LogP contribution in [0.15, 0.2) is 52.5 Å². The molecular formula is C14H10ClN5O2S. The van der Waals surface area contributed by atoms with E-state index in [0.29, 0.717) is 16.8 Å². The molecule has 7 nitrogen and oxygen atoms in total. The summed E-state index contributed by atoms with van der Waals surface area (Å²) < 4.78 is 5.49. The Balaban J connectivity index is 1.58. The van der Waals surface area contributed by atoms with E-state index in [2.05, 4.69) is 25.5 Å². The SMILES string of the molecule is O=C(CSc1nnc(-c2ccncc2)o1)Nc1cccnc1Cl. The molecule has 3 heterocycles. The quantitative estimate of drug-likeness (QED) is 0.560. The number of carbonyl (C=O) groups is 1. The number of halogens is 1. The van der Waals surface area contributed by atoms with E-state index in [4.69, 9.17) is 16.0 Å². The average Bonchev–Trinajstić information content (AvgIpc) is 3.05. The van der Waals surface area contributed by atoms with Crippen LogP contribution in [-0.2, 0) is 4.79 Å². The molecule has 0 aliphatic carbocycles. The van der Waals surface area contributed by atoms with Gasteiger partial charge in [0.15, 0.2) is 5.15 Å². The lowest BCUT2D eigenvalue weighted by atomic mass is 10.3. The first-order valence-corrected chi connectivity index (χ1v) is 7.86. The summed E-state index contributed by atoms with van der Waals surface area (Å²) >= 11 is 7.02. The second kappa shape index (κ2) is 7.21. The summed E-state index contributed by atoms with van der Waals surface area (Å²) in [5.41, 5.74) is 1.23. The molecule has 0 aromatic carbocycles. The van der Waals surface area contributed by atoms with Crippen LogP contribution in [0.5, 0.6) is 0 Å². The van der Waals surface area contributed by atoms with E-state index in [1.54, 1.807) is 42.9 Å². The highest BCUT2D eigenvalue weighted by molar-refractivity contribution is 7.99. The van der Waals surface area contributed by atoms with Gasteiger partial charge in [-0.15, -0.1) is 10.2 Å². The van der Waals surface area contributed by atoms with Crippen molar-refractivity contribution in [3.63, 3.8) is 0 Å². The van der Waals surface area contributed by atoms with Crippen molar-refractivity contribution in [3.8, 4) is 11.5 Å². The molecule has 0 atom stereocenters. The normalized spacial score (nSPS) is 10.5. The molecule has 23 heavy (non-hydrogen) atoms. The van der Waals surface area contributed by atoms with Gasteiger partial charge in [0, 0.05) is 24.2 Å². The Labute approximate surface area is 140 Å². The standard InChI is InChI=1S/C14H10ClN5O2S/c15-12-10(2-1-5-17-12)18-11(21)8-23-14-20-19-13(22-14)9-3-6-16-7-4-9/h1-7H,8H2,(H,18,21). The minimum atomic E-state index is -0.242. The van der Waals surface area contributed by atoms with Crippen molar-refractivity contribution >= 4 is 35.0 Å². The van der Waals surface area contributed by atoms with E-state index in [9.17, 15) is 4.79 Å². The predicted octanol–water partition coefficient (Wildman–Crippen LogP) is 2.91. The summed E-state index contributed by atoms with van der Waals surface area (Å²) in [6.45, 7) is 0. The van der Waals surface area contributed by atoms with Gasteiger partial charge in [-0.3, -0.25) is 9.78 Å². The van der Waals surface area contributed by atoms with Crippen LogP contribution in [0, 0.1) is 0 Å². The van der Waals surface area contributed by atoms with Crippen LogP contribution in [0.2, 0.25) is 5.15 Å². The third kappa shape index (κ3) is 4.05. The zero-order valence-electron chi connectivity index (χ0n) is 11.6. The zero-order valence-corrected chi connectivity index (χ0v) is 13.2. The van der Waals surface area contributed by atoms with Crippen molar-refractivity contribution in [3.05, 3.63) is 48.0 Å². The van der Waals surface area contributed by atoms with Crippen LogP contribution < -0.4 is 5.32 Å². The van der Waals surface area contributed by atoms with Crippen LogP contribution in [0.25, 0.3) is 11.5 Å². The van der Waals surface area contributed by atoms with Gasteiger partial charge in [-0.05, 0) is 24.3 Å². The van der Waals surface area contributed by atoms with Gasteiger partial charge in [0.1, 0.15) is 0 Å². The van der Waals surface area contributed by atoms with Crippen molar-refractivity contribution in [2.24, 2.45) is 0 Å². The highest BCUT2D eigenvalue weighted by Crippen LogP contribution is 2.23. The molecule has 0 fully saturated rings. The fourth-order valence-electron chi connectivity index (χ4n) is 1.67. The Hall–Kier alpha value is -2.45. The number of amides is 1. The van der Waals surface area contributed by atoms with Crippen LogP contribution in [0.4, 0.5) is 5.69 Å². The molecule has 0 aliphatic heterocycles. The summed E-state index contributed by atoms with van der Waals surface area (Å²) in [5, 5.41) is 11.0. The Bertz CT molecular complexity index is 812. The highest BCUT2D eigenvalue weighted by atomic mass is 35.5. The van der Waals surface area contributed by atoms with Crippen molar-refractivity contribution in [1.82, 2.24) is 20.2 Å². The Morgan fingerprint density at radius 1 is 1.22 bits per heavy atom. The molecule has 1 N–H and O–H groups in total. The molecule has 9 heteroatoms. The van der Waals surface area contributed by atoms with E-state index in [-0.39, 0.29) is 16.8 Å². The summed E-state index contributed by atoms with van der Waals surface area (Å²) in [6, 6.07) is 6.89. The molecule has 3 aromatic heterocycles. The Morgan fingerprint density at radius 3 is 2.83 bits per heavy atom. The summed E-state index contributed by atoms with van der Waals surface area (Å²) in [6.07, 6.45) is 4.82. The van der Waals surface area contributed by atoms with E-state index < -0.39 is 0 Å². The third-order valence-electron chi connectivity index (χ3n) is 2.69. The number of rotatable bonds is 5. The lowest BCUT2D eigenvalue weighted by Gasteiger charge is -2.04. The Kier molecular flexibility index (Phi) is 4.84. The van der Waals surface area contributed by atoms with E-state index in [0.717, 1.165) is 17.3 Å². The zero-order chi connectivity index (χ0) is 16.1. The molecular weight excluding hydrogens is 338 g/mol. The van der Waals surface area contributed by atoms with Crippen LogP contribution in [0.3, 0.4) is 0 Å². The van der Waals surface area contributed by atoms with Gasteiger partial charge < -0.3 is 9.73 Å². The highest BCUT2D eigenvalue weighted by Gasteiger charge is 2.12. The fraction of sp³-hybridized carbons (Fsp3) is 0.0714. The predicted molar refractivity (Wildman–Crippen MR) is 86.1 cm³/mol. The van der Waals surface area contributed by atoms with Crippen LogP contribution in [-0.4, -0.2) is 31.8 Å². The summed E-state index contributed by atoms with van der Waals surface area (Å²) in [4.78, 5) is 19.7. The van der Waals surface area contributed by atoms with Gasteiger partial charge in [0.05, 0.1) is 11.4 Å². The first-order chi connectivity index (χ1) is 11.2. The number of nitrogens with zero attached hydrogens (tertiary/aromatic N) is 4. The summed E-state index contributed by atoms with van der Waals surface area (Å²) in [5.74, 6) is 0.252. The van der Waals surface area contributed by atoms with Crippen molar-refractivity contribution in [1.29, 1.82) is 0 Å². The molecule has 0 radical (unpaired) electrons. The second-order valence-electron chi connectivity index (χ2n) is 4.29. The molecule has 0 spiro atoms. The molecule has 0 bridgehead atoms. The minimum Gasteiger partial charge on any atom is -0.411 e. The van der Waals surface area contributed by atoms with Crippen molar-refractivity contribution < 1.29 is 9.21 Å². The third-order valence-corrected chi connectivity index (χ3v) is 3.81. The van der Waals surface area contributed by atoms with E-state index in [1.807, 2.05) is 0 Å². The average molecular weight is 348 g/mol. The number of hydrogen-bond acceptors (Lipinski definition) is 7. The largest absolute Gasteiger partial charge is 0.411 e. The number of pyridine rings is 2. The minimum absolute atomic E-state index is 0.114. The maximum absolute atomic E-state index is 11.9. The topological polar surface area (TPSA) is 93.8 Å². The number of thioether (sulfide) groups is 1. The lowest BCUT2D eigenvalue weighted by Crippen LogP contribution is -2.14. The smallest absolute Gasteiger partial charge is 0.277 e. The van der Waals surface area contributed by atoms with E-state index >= 15 is 0 Å². The van der Waals surface area contributed by atoms with Crippen molar-refractivity contribution in [2.45, 2.75) is 5.22 Å². The summed E-state index contributed by atoms with van der Waals surface area (Å²) in [7, 11) is 0. The van der Waals surface area contributed by atoms with Gasteiger partial charge in [0.2, 0.25) is 11.8 Å². The van der Waals surface area contributed by atoms with Crippen LogP contribution in [0.1, 0.15) is 0 Å². The number of anilines is 1. The lowest BCUT2D eigenvalue weighted by molar-refractivity contribution is -0.113. The monoisotopic (exact) mass is 347 g/mol. The second-order valence-corrected chi connectivity index (χ2v) is 5.57. The maximum atomic E-state index is 11.9. The van der Waals surface area contributed by atoms with E-state index in [1.165, 1.54) is 0 Å². The maximum Gasteiger partial charge on any atom is 0.277 e. The fourth-order valence-corrected chi connectivity index (χ4v) is 2.40. The first-order valence-electron chi connectivity index (χ1n) is 6.49. The first kappa shape index (κ1) is 15.4. The van der Waals surface area contributed by atoms with Crippen LogP contribution >= 0.6 is 23.4 Å². The molecule has 116 valence electrons. The molecule has 0 unspecified atom stereocenters. The van der Waals surface area contributed by atoms with Gasteiger partial charge in [-0.1, -0.05) is 23.4 Å². The molecule has 0 aliphatic rings. The molecule has 0 saturated carbocycles. The molecule has 3 rings (SSSR count). The van der Waals surface area contributed by atoms with Gasteiger partial charge >= 0.3 is 0 Å². The van der Waals surface area contributed by atoms with Gasteiger partial charge in [-0.2, -0.15) is 0 Å². The van der Waals surface area contributed by atoms with Crippen molar-refractivity contribution in [2.75, 3.05) is 11.1 Å². The number of hydrogen-bond donors (Lipinski definition) is 1. The number of carbonyl (C=O) groups excluding carboxylic acids is 1. The number of nitrogens with one attached hydrogen (secondary N) is 1. The number of aromatic nitrogens is 4. The molecule has 1 amide bonds. The van der Waals surface area contributed by atoms with Gasteiger partial charge in [-0.25, -0.2) is 4.98 Å². The Morgan fingerprint density at radius 2 is 2.04 bits per heavy atom.